The summed E-state index contributed by atoms with van der Waals surface area (Å²) >= 11 is 3.17. The van der Waals surface area contributed by atoms with Crippen molar-refractivity contribution in [3.63, 3.8) is 0 Å². The van der Waals surface area contributed by atoms with Crippen LogP contribution in [0.3, 0.4) is 0 Å². The van der Waals surface area contributed by atoms with E-state index < -0.39 is 12.3 Å². The lowest BCUT2D eigenvalue weighted by Crippen LogP contribution is -2.18. The van der Waals surface area contributed by atoms with Gasteiger partial charge >= 0.3 is 5.97 Å². The first-order valence-corrected chi connectivity index (χ1v) is 5.99. The van der Waals surface area contributed by atoms with E-state index in [9.17, 15) is 4.79 Å². The predicted molar refractivity (Wildman–Crippen MR) is 69.5 cm³/mol. The summed E-state index contributed by atoms with van der Waals surface area (Å²) in [4.78, 5) is 11.4. The Hall–Kier alpha value is -1.53. The summed E-state index contributed by atoms with van der Waals surface area (Å²) in [7, 11) is 3.07. The third-order valence-corrected chi connectivity index (χ3v) is 3.20. The van der Waals surface area contributed by atoms with Gasteiger partial charge < -0.3 is 19.5 Å². The van der Waals surface area contributed by atoms with Crippen LogP contribution in [-0.4, -0.2) is 26.5 Å². The van der Waals surface area contributed by atoms with Crippen molar-refractivity contribution in [1.29, 1.82) is 0 Å². The Morgan fingerprint density at radius 3 is 2.50 bits per heavy atom. The summed E-state index contributed by atoms with van der Waals surface area (Å²) in [5.74, 6) is 0.313. The van der Waals surface area contributed by atoms with Crippen LogP contribution in [0.15, 0.2) is 34.4 Å². The number of halogens is 1. The van der Waals surface area contributed by atoms with E-state index in [0.29, 0.717) is 10.2 Å². The summed E-state index contributed by atoms with van der Waals surface area (Å²) in [5, 5.41) is 3.08. The number of methoxy groups -OCH3 is 2. The van der Waals surface area contributed by atoms with Gasteiger partial charge in [0, 0.05) is 12.8 Å². The highest BCUT2D eigenvalue weighted by molar-refractivity contribution is 9.12. The smallest absolute Gasteiger partial charge is 0.349 e. The molecule has 0 fully saturated rings. The number of rotatable bonds is 4. The normalized spacial score (nSPS) is 18.8. The highest BCUT2D eigenvalue weighted by atomic mass is 79.9. The van der Waals surface area contributed by atoms with E-state index in [1.165, 1.54) is 7.11 Å². The van der Waals surface area contributed by atoms with Gasteiger partial charge in [-0.15, -0.1) is 0 Å². The molecule has 1 aromatic carbocycles. The van der Waals surface area contributed by atoms with Crippen LogP contribution in [0, 0.1) is 0 Å². The van der Waals surface area contributed by atoms with Crippen LogP contribution in [0.1, 0.15) is 0 Å². The molecular formula is C12H12BrNO4. The molecule has 1 aliphatic heterocycles. The van der Waals surface area contributed by atoms with Gasteiger partial charge in [0.05, 0.1) is 7.11 Å². The van der Waals surface area contributed by atoms with Gasteiger partial charge in [0.2, 0.25) is 6.29 Å². The largest absolute Gasteiger partial charge is 0.497 e. The van der Waals surface area contributed by atoms with Gasteiger partial charge in [-0.25, -0.2) is 4.79 Å². The zero-order valence-electron chi connectivity index (χ0n) is 9.90. The molecule has 1 N–H and O–H groups in total. The first-order chi connectivity index (χ1) is 8.65. The number of hydrogen-bond acceptors (Lipinski definition) is 5. The first-order valence-electron chi connectivity index (χ1n) is 5.20. The Morgan fingerprint density at radius 2 is 1.94 bits per heavy atom. The van der Waals surface area contributed by atoms with Crippen molar-refractivity contribution in [2.75, 3.05) is 19.5 Å². The standard InChI is InChI=1S/C12H12BrNO4/c1-16-8-5-3-7(4-6-8)14-10-9(13)11(15)18-12(10)17-2/h3-6,12,14H,1-2H3/t12-/m0/s1. The van der Waals surface area contributed by atoms with Gasteiger partial charge in [-0.05, 0) is 40.2 Å². The zero-order valence-corrected chi connectivity index (χ0v) is 11.5. The van der Waals surface area contributed by atoms with Crippen molar-refractivity contribution in [1.82, 2.24) is 0 Å². The topological polar surface area (TPSA) is 56.8 Å². The van der Waals surface area contributed by atoms with Gasteiger partial charge in [-0.3, -0.25) is 0 Å². The Balaban J connectivity index is 2.19. The summed E-state index contributed by atoms with van der Waals surface area (Å²) in [6.45, 7) is 0. The monoisotopic (exact) mass is 313 g/mol. The fraction of sp³-hybridized carbons (Fsp3) is 0.250. The maximum Gasteiger partial charge on any atom is 0.349 e. The molecule has 0 saturated carbocycles. The van der Waals surface area contributed by atoms with Crippen molar-refractivity contribution < 1.29 is 19.0 Å². The van der Waals surface area contributed by atoms with Crippen molar-refractivity contribution >= 4 is 27.6 Å². The number of benzene rings is 1. The van der Waals surface area contributed by atoms with Gasteiger partial charge in [-0.2, -0.15) is 0 Å². The summed E-state index contributed by atoms with van der Waals surface area (Å²) in [6.07, 6.45) is -0.714. The zero-order chi connectivity index (χ0) is 13.1. The van der Waals surface area contributed by atoms with Gasteiger partial charge in [0.1, 0.15) is 15.9 Å². The van der Waals surface area contributed by atoms with Crippen LogP contribution in [0.25, 0.3) is 0 Å². The minimum absolute atomic E-state index is 0.338. The summed E-state index contributed by atoms with van der Waals surface area (Å²) in [6, 6.07) is 7.30. The Kier molecular flexibility index (Phi) is 3.88. The lowest BCUT2D eigenvalue weighted by Gasteiger charge is -2.14. The molecule has 0 unspecified atom stereocenters. The number of nitrogens with one attached hydrogen (secondary N) is 1. The molecule has 0 radical (unpaired) electrons. The van der Waals surface area contributed by atoms with Crippen LogP contribution in [-0.2, 0) is 14.3 Å². The van der Waals surface area contributed by atoms with Crippen LogP contribution in [0.5, 0.6) is 5.75 Å². The summed E-state index contributed by atoms with van der Waals surface area (Å²) in [5.41, 5.74) is 1.36. The quantitative estimate of drug-likeness (QED) is 0.864. The third kappa shape index (κ3) is 2.49. The minimum Gasteiger partial charge on any atom is -0.497 e. The van der Waals surface area contributed by atoms with E-state index in [0.717, 1.165) is 11.4 Å². The van der Waals surface area contributed by atoms with Crippen LogP contribution < -0.4 is 10.1 Å². The molecule has 18 heavy (non-hydrogen) atoms. The van der Waals surface area contributed by atoms with Crippen LogP contribution in [0.2, 0.25) is 0 Å². The maximum atomic E-state index is 11.4. The number of esters is 1. The average molecular weight is 314 g/mol. The lowest BCUT2D eigenvalue weighted by molar-refractivity contribution is -0.155. The SMILES string of the molecule is COc1ccc(NC2=C(Br)C(=O)O[C@@H]2OC)cc1. The molecule has 1 aliphatic rings. The van der Waals surface area contributed by atoms with Crippen LogP contribution >= 0.6 is 15.9 Å². The number of hydrogen-bond donors (Lipinski definition) is 1. The van der Waals surface area contributed by atoms with E-state index >= 15 is 0 Å². The number of cyclic esters (lactones) is 1. The van der Waals surface area contributed by atoms with Crippen molar-refractivity contribution in [3.05, 3.63) is 34.4 Å². The van der Waals surface area contributed by atoms with E-state index in [4.69, 9.17) is 14.2 Å². The number of carbonyl (C=O) groups is 1. The molecule has 1 atom stereocenters. The Morgan fingerprint density at radius 1 is 1.28 bits per heavy atom. The second-order valence-electron chi connectivity index (χ2n) is 3.55. The molecule has 6 heteroatoms. The maximum absolute atomic E-state index is 11.4. The Labute approximate surface area is 113 Å². The molecule has 0 aliphatic carbocycles. The molecule has 0 saturated heterocycles. The lowest BCUT2D eigenvalue weighted by atomic mass is 10.3. The minimum atomic E-state index is -0.714. The molecule has 1 heterocycles. The predicted octanol–water partition coefficient (Wildman–Crippen LogP) is 2.24. The summed E-state index contributed by atoms with van der Waals surface area (Å²) < 4.78 is 15.5. The van der Waals surface area contributed by atoms with E-state index in [2.05, 4.69) is 21.2 Å². The first kappa shape index (κ1) is 12.9. The molecule has 0 amide bonds. The number of ether oxygens (including phenoxy) is 3. The second kappa shape index (κ2) is 5.41. The molecule has 1 aromatic rings. The van der Waals surface area contributed by atoms with E-state index in [-0.39, 0.29) is 0 Å². The van der Waals surface area contributed by atoms with Crippen LogP contribution in [0.4, 0.5) is 5.69 Å². The average Bonchev–Trinajstić information content (AvgIpc) is 2.67. The highest BCUT2D eigenvalue weighted by Gasteiger charge is 2.33. The fourth-order valence-electron chi connectivity index (χ4n) is 1.53. The molecule has 96 valence electrons. The van der Waals surface area contributed by atoms with Gasteiger partial charge in [0.25, 0.3) is 0 Å². The van der Waals surface area contributed by atoms with E-state index in [1.807, 2.05) is 24.3 Å². The number of carbonyl (C=O) groups excluding carboxylic acids is 1. The second-order valence-corrected chi connectivity index (χ2v) is 4.35. The molecular weight excluding hydrogens is 302 g/mol. The van der Waals surface area contributed by atoms with Crippen molar-refractivity contribution in [3.8, 4) is 5.75 Å². The van der Waals surface area contributed by atoms with Gasteiger partial charge in [0.15, 0.2) is 0 Å². The molecule has 0 aromatic heterocycles. The molecule has 0 spiro atoms. The van der Waals surface area contributed by atoms with Crippen molar-refractivity contribution in [2.24, 2.45) is 0 Å². The molecule has 2 rings (SSSR count). The molecule has 5 nitrogen and oxygen atoms in total. The third-order valence-electron chi connectivity index (χ3n) is 2.45. The number of anilines is 1. The van der Waals surface area contributed by atoms with E-state index in [1.54, 1.807) is 7.11 Å². The van der Waals surface area contributed by atoms with Gasteiger partial charge in [-0.1, -0.05) is 0 Å². The Bertz CT molecular complexity index is 483. The van der Waals surface area contributed by atoms with Crippen molar-refractivity contribution in [2.45, 2.75) is 6.29 Å². The molecule has 0 bridgehead atoms. The fourth-order valence-corrected chi connectivity index (χ4v) is 1.91. The highest BCUT2D eigenvalue weighted by Crippen LogP contribution is 2.29.